The fraction of sp³-hybridized carbons (Fsp3) is 0.667. The molecule has 0 saturated carbocycles. The first kappa shape index (κ1) is 9.43. The van der Waals surface area contributed by atoms with Crippen molar-refractivity contribution in [2.75, 3.05) is 6.54 Å². The van der Waals surface area contributed by atoms with Gasteiger partial charge in [-0.05, 0) is 37.8 Å². The van der Waals surface area contributed by atoms with Crippen molar-refractivity contribution in [2.45, 2.75) is 37.9 Å². The molecule has 3 nitrogen and oxygen atoms in total. The lowest BCUT2D eigenvalue weighted by Crippen LogP contribution is -2.31. The van der Waals surface area contributed by atoms with E-state index in [-0.39, 0.29) is 0 Å². The topological polar surface area (TPSA) is 37.2 Å². The van der Waals surface area contributed by atoms with Gasteiger partial charge < -0.3 is 15.1 Å². The number of hydrogen-bond acceptors (Lipinski definition) is 3. The van der Waals surface area contributed by atoms with Gasteiger partial charge in [0, 0.05) is 24.2 Å². The van der Waals surface area contributed by atoms with Crippen LogP contribution < -0.4 is 10.6 Å². The molecule has 2 fully saturated rings. The third-order valence-corrected chi connectivity index (χ3v) is 3.75. The molecule has 1 aromatic rings. The van der Waals surface area contributed by atoms with E-state index < -0.39 is 0 Å². The Morgan fingerprint density at radius 3 is 3.13 bits per heavy atom. The van der Waals surface area contributed by atoms with Crippen LogP contribution in [0.15, 0.2) is 23.0 Å². The molecule has 3 rings (SSSR count). The first-order valence-electron chi connectivity index (χ1n) is 5.89. The van der Waals surface area contributed by atoms with Crippen molar-refractivity contribution in [3.05, 3.63) is 24.2 Å². The van der Waals surface area contributed by atoms with Crippen LogP contribution in [0.1, 0.15) is 24.8 Å². The van der Waals surface area contributed by atoms with E-state index >= 15 is 0 Å². The van der Waals surface area contributed by atoms with E-state index in [1.807, 2.05) is 12.3 Å². The molecule has 3 unspecified atom stereocenters. The summed E-state index contributed by atoms with van der Waals surface area (Å²) >= 11 is 0. The molecule has 15 heavy (non-hydrogen) atoms. The Morgan fingerprint density at radius 1 is 1.47 bits per heavy atom. The van der Waals surface area contributed by atoms with E-state index in [2.05, 4.69) is 10.6 Å². The molecule has 0 radical (unpaired) electrons. The van der Waals surface area contributed by atoms with Crippen molar-refractivity contribution in [2.24, 2.45) is 5.92 Å². The zero-order chi connectivity index (χ0) is 10.1. The monoisotopic (exact) mass is 206 g/mol. The van der Waals surface area contributed by atoms with Gasteiger partial charge in [-0.3, -0.25) is 0 Å². The van der Waals surface area contributed by atoms with Crippen LogP contribution >= 0.6 is 0 Å². The van der Waals surface area contributed by atoms with E-state index in [1.54, 1.807) is 6.26 Å². The van der Waals surface area contributed by atoms with Gasteiger partial charge >= 0.3 is 0 Å². The predicted octanol–water partition coefficient (Wildman–Crippen LogP) is 1.51. The third-order valence-electron chi connectivity index (χ3n) is 3.75. The fourth-order valence-electron chi connectivity index (χ4n) is 2.96. The molecule has 3 atom stereocenters. The molecular formula is C12H18N2O. The Balaban J connectivity index is 1.43. The SMILES string of the molecule is c1cc(CNCC2CC3CCC2N3)co1. The third kappa shape index (κ3) is 1.94. The zero-order valence-corrected chi connectivity index (χ0v) is 8.91. The van der Waals surface area contributed by atoms with E-state index in [0.717, 1.165) is 31.1 Å². The molecule has 0 spiro atoms. The van der Waals surface area contributed by atoms with Crippen molar-refractivity contribution in [1.82, 2.24) is 10.6 Å². The lowest BCUT2D eigenvalue weighted by atomic mass is 9.89. The first-order valence-corrected chi connectivity index (χ1v) is 5.89. The number of furan rings is 1. The summed E-state index contributed by atoms with van der Waals surface area (Å²) < 4.78 is 5.03. The fourth-order valence-corrected chi connectivity index (χ4v) is 2.96. The summed E-state index contributed by atoms with van der Waals surface area (Å²) in [7, 11) is 0. The van der Waals surface area contributed by atoms with E-state index in [4.69, 9.17) is 4.42 Å². The highest BCUT2D eigenvalue weighted by molar-refractivity contribution is 5.05. The average molecular weight is 206 g/mol. The van der Waals surface area contributed by atoms with Gasteiger partial charge in [0.05, 0.1) is 12.5 Å². The van der Waals surface area contributed by atoms with Crippen LogP contribution in [0.2, 0.25) is 0 Å². The van der Waals surface area contributed by atoms with Gasteiger partial charge in [-0.25, -0.2) is 0 Å². The zero-order valence-electron chi connectivity index (χ0n) is 8.91. The number of nitrogens with one attached hydrogen (secondary N) is 2. The second-order valence-electron chi connectivity index (χ2n) is 4.81. The van der Waals surface area contributed by atoms with Gasteiger partial charge in [0.25, 0.3) is 0 Å². The summed E-state index contributed by atoms with van der Waals surface area (Å²) in [5.74, 6) is 0.843. The molecule has 2 aliphatic rings. The Kier molecular flexibility index (Phi) is 2.51. The lowest BCUT2D eigenvalue weighted by Gasteiger charge is -2.20. The van der Waals surface area contributed by atoms with Gasteiger partial charge in [0.1, 0.15) is 0 Å². The van der Waals surface area contributed by atoms with Gasteiger partial charge in [-0.2, -0.15) is 0 Å². The number of hydrogen-bond donors (Lipinski definition) is 2. The minimum absolute atomic E-state index is 0.784. The second kappa shape index (κ2) is 3.99. The molecule has 1 aromatic heterocycles. The van der Waals surface area contributed by atoms with E-state index in [9.17, 15) is 0 Å². The summed E-state index contributed by atoms with van der Waals surface area (Å²) in [6.07, 6.45) is 7.68. The maximum Gasteiger partial charge on any atom is 0.0947 e. The summed E-state index contributed by atoms with van der Waals surface area (Å²) in [4.78, 5) is 0. The average Bonchev–Trinajstić information content (AvgIpc) is 2.93. The minimum atomic E-state index is 0.784. The summed E-state index contributed by atoms with van der Waals surface area (Å²) in [5.41, 5.74) is 1.24. The molecular weight excluding hydrogens is 188 g/mol. The first-order chi connectivity index (χ1) is 7.42. The molecule has 0 amide bonds. The second-order valence-corrected chi connectivity index (χ2v) is 4.81. The van der Waals surface area contributed by atoms with Crippen molar-refractivity contribution in [1.29, 1.82) is 0 Å². The molecule has 3 heteroatoms. The molecule has 2 bridgehead atoms. The smallest absolute Gasteiger partial charge is 0.0947 e. The van der Waals surface area contributed by atoms with Gasteiger partial charge in [-0.1, -0.05) is 0 Å². The number of rotatable bonds is 4. The maximum absolute atomic E-state index is 5.03. The molecule has 2 aliphatic heterocycles. The summed E-state index contributed by atoms with van der Waals surface area (Å²) in [6.45, 7) is 2.07. The van der Waals surface area contributed by atoms with Crippen LogP contribution in [0.25, 0.3) is 0 Å². The van der Waals surface area contributed by atoms with Crippen LogP contribution in [0.5, 0.6) is 0 Å². The molecule has 0 aromatic carbocycles. The Hall–Kier alpha value is -0.800. The predicted molar refractivity (Wildman–Crippen MR) is 58.5 cm³/mol. The standard InChI is InChI=1S/C12H18N2O/c1-2-12-10(5-11(1)14-12)7-13-6-9-3-4-15-8-9/h3-4,8,10-14H,1-2,5-7H2. The van der Waals surface area contributed by atoms with Crippen molar-refractivity contribution < 1.29 is 4.42 Å². The minimum Gasteiger partial charge on any atom is -0.472 e. The maximum atomic E-state index is 5.03. The Morgan fingerprint density at radius 2 is 2.47 bits per heavy atom. The summed E-state index contributed by atoms with van der Waals surface area (Å²) in [5, 5.41) is 7.18. The highest BCUT2D eigenvalue weighted by atomic mass is 16.3. The van der Waals surface area contributed by atoms with Crippen molar-refractivity contribution in [3.8, 4) is 0 Å². The molecule has 2 saturated heterocycles. The molecule has 0 aliphatic carbocycles. The lowest BCUT2D eigenvalue weighted by molar-refractivity contribution is 0.382. The van der Waals surface area contributed by atoms with E-state index in [1.165, 1.54) is 24.8 Å². The number of fused-ring (bicyclic) bond motifs is 2. The Labute approximate surface area is 90.2 Å². The largest absolute Gasteiger partial charge is 0.472 e. The van der Waals surface area contributed by atoms with Crippen LogP contribution in [-0.4, -0.2) is 18.6 Å². The van der Waals surface area contributed by atoms with Crippen LogP contribution in [0.3, 0.4) is 0 Å². The van der Waals surface area contributed by atoms with Crippen LogP contribution in [-0.2, 0) is 6.54 Å². The van der Waals surface area contributed by atoms with Gasteiger partial charge in [0.2, 0.25) is 0 Å². The highest BCUT2D eigenvalue weighted by Crippen LogP contribution is 2.32. The Bertz CT molecular complexity index is 309. The van der Waals surface area contributed by atoms with Gasteiger partial charge in [-0.15, -0.1) is 0 Å². The van der Waals surface area contributed by atoms with Crippen molar-refractivity contribution >= 4 is 0 Å². The van der Waals surface area contributed by atoms with Crippen molar-refractivity contribution in [3.63, 3.8) is 0 Å². The molecule has 3 heterocycles. The van der Waals surface area contributed by atoms with Crippen LogP contribution in [0.4, 0.5) is 0 Å². The summed E-state index contributed by atoms with van der Waals surface area (Å²) in [6, 6.07) is 3.62. The van der Waals surface area contributed by atoms with E-state index in [0.29, 0.717) is 0 Å². The quantitative estimate of drug-likeness (QED) is 0.784. The highest BCUT2D eigenvalue weighted by Gasteiger charge is 2.38. The normalized spacial score (nSPS) is 33.7. The van der Waals surface area contributed by atoms with Gasteiger partial charge in [0.15, 0.2) is 0 Å². The molecule has 2 N–H and O–H groups in total. The molecule has 82 valence electrons. The van der Waals surface area contributed by atoms with Crippen LogP contribution in [0, 0.1) is 5.92 Å².